The average molecular weight is 354 g/mol. The van der Waals surface area contributed by atoms with Gasteiger partial charge >= 0.3 is 0 Å². The number of carbonyl (C=O) groups excluding carboxylic acids is 1. The van der Waals surface area contributed by atoms with Crippen molar-refractivity contribution in [1.29, 1.82) is 0 Å². The molecule has 1 aromatic carbocycles. The third-order valence-electron chi connectivity index (χ3n) is 5.38. The molecule has 6 nitrogen and oxygen atoms in total. The van der Waals surface area contributed by atoms with E-state index in [-0.39, 0.29) is 5.91 Å². The minimum absolute atomic E-state index is 0.0608. The number of methoxy groups -OCH3 is 1. The van der Waals surface area contributed by atoms with Gasteiger partial charge in [-0.3, -0.25) is 9.69 Å². The first kappa shape index (κ1) is 17.1. The van der Waals surface area contributed by atoms with Crippen LogP contribution in [0.25, 0.3) is 0 Å². The van der Waals surface area contributed by atoms with E-state index in [1.54, 1.807) is 7.11 Å². The van der Waals surface area contributed by atoms with Crippen molar-refractivity contribution in [3.05, 3.63) is 47.5 Å². The summed E-state index contributed by atoms with van der Waals surface area (Å²) >= 11 is 0. The summed E-state index contributed by atoms with van der Waals surface area (Å²) in [4.78, 5) is 22.1. The molecule has 1 amide bonds. The number of ether oxygens (including phenoxy) is 1. The summed E-state index contributed by atoms with van der Waals surface area (Å²) in [5, 5.41) is 0. The number of nitrogens with zero attached hydrogens (tertiary/aromatic N) is 4. The second-order valence-corrected chi connectivity index (χ2v) is 7.13. The van der Waals surface area contributed by atoms with Crippen molar-refractivity contribution in [2.24, 2.45) is 0 Å². The molecule has 0 spiro atoms. The Bertz CT molecular complexity index is 780. The Balaban J connectivity index is 1.54. The molecule has 0 atom stereocenters. The summed E-state index contributed by atoms with van der Waals surface area (Å²) in [6, 6.07) is 7.41. The van der Waals surface area contributed by atoms with Crippen molar-refractivity contribution in [2.75, 3.05) is 26.7 Å². The van der Waals surface area contributed by atoms with E-state index < -0.39 is 0 Å². The van der Waals surface area contributed by atoms with Crippen LogP contribution in [-0.4, -0.2) is 52.0 Å². The van der Waals surface area contributed by atoms with Crippen molar-refractivity contribution in [1.82, 2.24) is 19.4 Å². The number of aryl methyl sites for hydroxylation is 1. The van der Waals surface area contributed by atoms with E-state index >= 15 is 0 Å². The van der Waals surface area contributed by atoms with Crippen LogP contribution in [-0.2, 0) is 19.6 Å². The lowest BCUT2D eigenvalue weighted by Crippen LogP contribution is -2.31. The molecule has 1 saturated heterocycles. The van der Waals surface area contributed by atoms with E-state index in [0.717, 1.165) is 44.8 Å². The van der Waals surface area contributed by atoms with Crippen LogP contribution in [0.1, 0.15) is 41.0 Å². The average Bonchev–Trinajstić information content (AvgIpc) is 3.26. The van der Waals surface area contributed by atoms with Crippen molar-refractivity contribution >= 4 is 5.91 Å². The van der Waals surface area contributed by atoms with Crippen molar-refractivity contribution in [3.8, 4) is 5.75 Å². The van der Waals surface area contributed by atoms with Gasteiger partial charge in [-0.25, -0.2) is 4.98 Å². The molecule has 2 aromatic rings. The number of hydrogen-bond donors (Lipinski definition) is 0. The summed E-state index contributed by atoms with van der Waals surface area (Å²) in [5.41, 5.74) is 2.99. The molecule has 2 aliphatic rings. The number of imidazole rings is 1. The molecule has 0 bridgehead atoms. The minimum atomic E-state index is 0.0608. The van der Waals surface area contributed by atoms with Gasteiger partial charge in [-0.05, 0) is 50.6 Å². The molecule has 4 rings (SSSR count). The maximum atomic E-state index is 13.0. The second kappa shape index (κ2) is 7.50. The molecule has 2 aliphatic heterocycles. The fourth-order valence-electron chi connectivity index (χ4n) is 3.91. The fourth-order valence-corrected chi connectivity index (χ4v) is 3.91. The smallest absolute Gasteiger partial charge is 0.254 e. The van der Waals surface area contributed by atoms with E-state index in [1.165, 1.54) is 18.5 Å². The van der Waals surface area contributed by atoms with Gasteiger partial charge in [0.2, 0.25) is 0 Å². The third-order valence-corrected chi connectivity index (χ3v) is 5.38. The number of fused-ring (bicyclic) bond motifs is 1. The summed E-state index contributed by atoms with van der Waals surface area (Å²) in [5.74, 6) is 0.774. The monoisotopic (exact) mass is 354 g/mol. The Labute approximate surface area is 154 Å². The highest BCUT2D eigenvalue weighted by Crippen LogP contribution is 2.22. The van der Waals surface area contributed by atoms with E-state index in [0.29, 0.717) is 17.9 Å². The molecule has 0 saturated carbocycles. The van der Waals surface area contributed by atoms with Gasteiger partial charge in [0.1, 0.15) is 5.75 Å². The SMILES string of the molecule is COc1cccc(C(=O)N2CCCn3cnc(CN4CCCC4)c3C2)c1. The van der Waals surface area contributed by atoms with Crippen LogP contribution in [0.15, 0.2) is 30.6 Å². The molecular formula is C20H26N4O2. The highest BCUT2D eigenvalue weighted by Gasteiger charge is 2.24. The molecule has 0 radical (unpaired) electrons. The van der Waals surface area contributed by atoms with Crippen LogP contribution in [0.2, 0.25) is 0 Å². The lowest BCUT2D eigenvalue weighted by molar-refractivity contribution is 0.0744. The number of likely N-dealkylation sites (tertiary alicyclic amines) is 1. The Hall–Kier alpha value is -2.34. The quantitative estimate of drug-likeness (QED) is 0.847. The summed E-state index contributed by atoms with van der Waals surface area (Å²) in [6.07, 6.45) is 5.44. The topological polar surface area (TPSA) is 50.6 Å². The predicted octanol–water partition coefficient (Wildman–Crippen LogP) is 2.53. The first-order valence-electron chi connectivity index (χ1n) is 9.43. The van der Waals surface area contributed by atoms with Gasteiger partial charge in [-0.1, -0.05) is 6.07 Å². The summed E-state index contributed by atoms with van der Waals surface area (Å²) in [6.45, 7) is 5.51. The number of aromatic nitrogens is 2. The van der Waals surface area contributed by atoms with E-state index in [2.05, 4.69) is 14.5 Å². The predicted molar refractivity (Wildman–Crippen MR) is 99.1 cm³/mol. The third kappa shape index (κ3) is 3.46. The van der Waals surface area contributed by atoms with Crippen LogP contribution in [0.5, 0.6) is 5.75 Å². The number of benzene rings is 1. The van der Waals surface area contributed by atoms with E-state index in [1.807, 2.05) is 35.5 Å². The van der Waals surface area contributed by atoms with Gasteiger partial charge in [0.25, 0.3) is 5.91 Å². The van der Waals surface area contributed by atoms with Crippen LogP contribution >= 0.6 is 0 Å². The molecule has 1 aromatic heterocycles. The molecule has 0 N–H and O–H groups in total. The highest BCUT2D eigenvalue weighted by molar-refractivity contribution is 5.94. The fraction of sp³-hybridized carbons (Fsp3) is 0.500. The van der Waals surface area contributed by atoms with Crippen LogP contribution in [0, 0.1) is 0 Å². The van der Waals surface area contributed by atoms with Crippen LogP contribution in [0.4, 0.5) is 0 Å². The lowest BCUT2D eigenvalue weighted by Gasteiger charge is -2.22. The van der Waals surface area contributed by atoms with Crippen molar-refractivity contribution < 1.29 is 9.53 Å². The zero-order valence-corrected chi connectivity index (χ0v) is 15.4. The van der Waals surface area contributed by atoms with E-state index in [9.17, 15) is 4.79 Å². The van der Waals surface area contributed by atoms with Gasteiger partial charge in [0, 0.05) is 25.2 Å². The van der Waals surface area contributed by atoms with Gasteiger partial charge in [-0.2, -0.15) is 0 Å². The molecule has 1 fully saturated rings. The lowest BCUT2D eigenvalue weighted by atomic mass is 10.1. The maximum absolute atomic E-state index is 13.0. The summed E-state index contributed by atoms with van der Waals surface area (Å²) < 4.78 is 7.49. The van der Waals surface area contributed by atoms with Gasteiger partial charge < -0.3 is 14.2 Å². The van der Waals surface area contributed by atoms with Crippen molar-refractivity contribution in [2.45, 2.75) is 38.9 Å². The molecule has 0 aliphatic carbocycles. The zero-order valence-electron chi connectivity index (χ0n) is 15.4. The number of hydrogen-bond acceptors (Lipinski definition) is 4. The molecule has 6 heteroatoms. The second-order valence-electron chi connectivity index (χ2n) is 7.13. The zero-order chi connectivity index (χ0) is 17.9. The Morgan fingerprint density at radius 1 is 1.15 bits per heavy atom. The number of rotatable bonds is 4. The van der Waals surface area contributed by atoms with Crippen molar-refractivity contribution in [3.63, 3.8) is 0 Å². The molecule has 26 heavy (non-hydrogen) atoms. The van der Waals surface area contributed by atoms with Gasteiger partial charge in [-0.15, -0.1) is 0 Å². The van der Waals surface area contributed by atoms with Gasteiger partial charge in [0.05, 0.1) is 31.4 Å². The molecule has 0 unspecified atom stereocenters. The Kier molecular flexibility index (Phi) is 4.93. The first-order chi connectivity index (χ1) is 12.7. The van der Waals surface area contributed by atoms with Gasteiger partial charge in [0.15, 0.2) is 0 Å². The minimum Gasteiger partial charge on any atom is -0.497 e. The Morgan fingerprint density at radius 3 is 2.81 bits per heavy atom. The highest BCUT2D eigenvalue weighted by atomic mass is 16.5. The molecular weight excluding hydrogens is 328 g/mol. The number of carbonyl (C=O) groups is 1. The maximum Gasteiger partial charge on any atom is 0.254 e. The standard InChI is InChI=1S/C20H26N4O2/c1-26-17-7-4-6-16(12-17)20(25)23-10-5-11-24-15-21-18(19(24)14-23)13-22-8-2-3-9-22/h4,6-7,12,15H,2-3,5,8-11,13-14H2,1H3. The normalized spacial score (nSPS) is 17.8. The first-order valence-corrected chi connectivity index (χ1v) is 9.43. The number of amides is 1. The molecule has 138 valence electrons. The summed E-state index contributed by atoms with van der Waals surface area (Å²) in [7, 11) is 1.62. The largest absolute Gasteiger partial charge is 0.497 e. The van der Waals surface area contributed by atoms with Crippen LogP contribution < -0.4 is 4.74 Å². The Morgan fingerprint density at radius 2 is 2.00 bits per heavy atom. The van der Waals surface area contributed by atoms with Crippen LogP contribution in [0.3, 0.4) is 0 Å². The molecule has 3 heterocycles. The van der Waals surface area contributed by atoms with E-state index in [4.69, 9.17) is 4.74 Å².